The molecule has 0 spiro atoms. The maximum Gasteiger partial charge on any atom is 0.233 e. The zero-order valence-corrected chi connectivity index (χ0v) is 11.9. The largest absolute Gasteiger partial charge is 0.399 e. The van der Waals surface area contributed by atoms with Gasteiger partial charge < -0.3 is 5.73 Å². The molecule has 2 aliphatic rings. The number of nitrogens with zero attached hydrogens (tertiary/aromatic N) is 1. The normalized spacial score (nSPS) is 30.7. The Labute approximate surface area is 118 Å². The number of nitrogens with two attached hydrogens (primary N) is 1. The number of carbonyl (C=O) groups is 2. The number of carbonyl (C=O) groups excluding carboxylic acids is 2. The summed E-state index contributed by atoms with van der Waals surface area (Å²) in [4.78, 5) is 26.5. The van der Waals surface area contributed by atoms with Crippen LogP contribution in [-0.2, 0) is 9.59 Å². The highest BCUT2D eigenvalue weighted by molar-refractivity contribution is 6.05. The summed E-state index contributed by atoms with van der Waals surface area (Å²) in [6.45, 7) is 4.03. The minimum atomic E-state index is -0.212. The number of rotatable bonds is 2. The van der Waals surface area contributed by atoms with Crippen molar-refractivity contribution in [2.45, 2.75) is 32.7 Å². The lowest BCUT2D eigenvalue weighted by atomic mass is 10.00. The minimum absolute atomic E-state index is 0.00803. The molecule has 4 nitrogen and oxygen atoms in total. The molecule has 0 aromatic heterocycles. The molecular weight excluding hydrogens is 252 g/mol. The van der Waals surface area contributed by atoms with Crippen LogP contribution in [0.3, 0.4) is 0 Å². The number of hydrogen-bond donors (Lipinski definition) is 1. The summed E-state index contributed by atoms with van der Waals surface area (Å²) in [5.41, 5.74) is 7.32. The van der Waals surface area contributed by atoms with Crippen LogP contribution in [0.15, 0.2) is 24.3 Å². The van der Waals surface area contributed by atoms with Crippen molar-refractivity contribution in [2.24, 2.45) is 17.8 Å². The number of nitrogen functional groups attached to an aromatic ring is 1. The standard InChI is InChI=1S/C16H20N2O2/c1-9-7-13-14(8-9)16(20)18(15(13)19)10(2)11-3-5-12(17)6-4-11/h3-6,9-10,13-14H,7-8,17H2,1-2H3. The highest BCUT2D eigenvalue weighted by Gasteiger charge is 2.52. The van der Waals surface area contributed by atoms with Gasteiger partial charge in [-0.15, -0.1) is 0 Å². The first kappa shape index (κ1) is 13.2. The van der Waals surface area contributed by atoms with Gasteiger partial charge in [0.2, 0.25) is 11.8 Å². The van der Waals surface area contributed by atoms with Crippen LogP contribution < -0.4 is 5.73 Å². The van der Waals surface area contributed by atoms with E-state index in [1.807, 2.05) is 19.1 Å². The van der Waals surface area contributed by atoms with Crippen LogP contribution in [0.1, 0.15) is 38.3 Å². The summed E-state index contributed by atoms with van der Waals surface area (Å²) in [5, 5.41) is 0. The first-order valence-electron chi connectivity index (χ1n) is 7.21. The Morgan fingerprint density at radius 2 is 1.60 bits per heavy atom. The number of likely N-dealkylation sites (tertiary alicyclic amines) is 1. The molecular formula is C16H20N2O2. The molecule has 0 bridgehead atoms. The topological polar surface area (TPSA) is 63.4 Å². The van der Waals surface area contributed by atoms with E-state index in [0.29, 0.717) is 11.6 Å². The lowest BCUT2D eigenvalue weighted by molar-refractivity contribution is -0.143. The second-order valence-corrected chi connectivity index (χ2v) is 6.18. The Morgan fingerprint density at radius 1 is 1.10 bits per heavy atom. The zero-order chi connectivity index (χ0) is 14.4. The summed E-state index contributed by atoms with van der Waals surface area (Å²) in [6.07, 6.45) is 1.69. The van der Waals surface area contributed by atoms with E-state index in [2.05, 4.69) is 6.92 Å². The maximum atomic E-state index is 12.5. The van der Waals surface area contributed by atoms with Crippen LogP contribution in [0.25, 0.3) is 0 Å². The Bertz CT molecular complexity index is 528. The van der Waals surface area contributed by atoms with Crippen molar-refractivity contribution in [1.82, 2.24) is 4.90 Å². The van der Waals surface area contributed by atoms with Crippen LogP contribution in [0.2, 0.25) is 0 Å². The molecule has 4 heteroatoms. The molecule has 1 saturated heterocycles. The smallest absolute Gasteiger partial charge is 0.233 e. The number of hydrogen-bond acceptors (Lipinski definition) is 3. The van der Waals surface area contributed by atoms with E-state index >= 15 is 0 Å². The molecule has 3 rings (SSSR count). The third kappa shape index (κ3) is 1.90. The SMILES string of the molecule is CC1CC2C(=O)N(C(C)c3ccc(N)cc3)C(=O)C2C1. The van der Waals surface area contributed by atoms with Gasteiger partial charge in [-0.3, -0.25) is 14.5 Å². The summed E-state index contributed by atoms with van der Waals surface area (Å²) < 4.78 is 0. The Morgan fingerprint density at radius 3 is 2.10 bits per heavy atom. The molecule has 3 unspecified atom stereocenters. The minimum Gasteiger partial charge on any atom is -0.399 e. The molecule has 1 aromatic carbocycles. The first-order chi connectivity index (χ1) is 9.49. The third-order valence-electron chi connectivity index (χ3n) is 4.71. The average Bonchev–Trinajstić information content (AvgIpc) is 2.90. The molecule has 1 heterocycles. The van der Waals surface area contributed by atoms with Crippen LogP contribution in [0, 0.1) is 17.8 Å². The lowest BCUT2D eigenvalue weighted by Crippen LogP contribution is -2.34. The van der Waals surface area contributed by atoms with E-state index in [9.17, 15) is 9.59 Å². The number of benzene rings is 1. The third-order valence-corrected chi connectivity index (χ3v) is 4.71. The van der Waals surface area contributed by atoms with Crippen molar-refractivity contribution < 1.29 is 9.59 Å². The van der Waals surface area contributed by atoms with Gasteiger partial charge in [-0.2, -0.15) is 0 Å². The van der Waals surface area contributed by atoms with E-state index in [-0.39, 0.29) is 29.7 Å². The summed E-state index contributed by atoms with van der Waals surface area (Å²) in [7, 11) is 0. The van der Waals surface area contributed by atoms with E-state index in [4.69, 9.17) is 5.73 Å². The second kappa shape index (κ2) is 4.62. The Balaban J connectivity index is 1.86. The number of anilines is 1. The lowest BCUT2D eigenvalue weighted by Gasteiger charge is -2.24. The molecule has 1 aliphatic carbocycles. The van der Waals surface area contributed by atoms with E-state index < -0.39 is 0 Å². The number of imide groups is 1. The second-order valence-electron chi connectivity index (χ2n) is 6.18. The summed E-state index contributed by atoms with van der Waals surface area (Å²) >= 11 is 0. The number of fused-ring (bicyclic) bond motifs is 1. The van der Waals surface area contributed by atoms with Crippen molar-refractivity contribution in [3.8, 4) is 0 Å². The van der Waals surface area contributed by atoms with Crippen molar-refractivity contribution in [2.75, 3.05) is 5.73 Å². The first-order valence-corrected chi connectivity index (χ1v) is 7.21. The van der Waals surface area contributed by atoms with Gasteiger partial charge in [0.1, 0.15) is 0 Å². The predicted molar refractivity (Wildman–Crippen MR) is 76.5 cm³/mol. The molecule has 2 amide bonds. The molecule has 20 heavy (non-hydrogen) atoms. The van der Waals surface area contributed by atoms with Crippen LogP contribution in [0.5, 0.6) is 0 Å². The average molecular weight is 272 g/mol. The van der Waals surface area contributed by atoms with Gasteiger partial charge in [-0.1, -0.05) is 19.1 Å². The van der Waals surface area contributed by atoms with E-state index in [1.165, 1.54) is 4.90 Å². The van der Waals surface area contributed by atoms with Crippen LogP contribution >= 0.6 is 0 Å². The highest BCUT2D eigenvalue weighted by atomic mass is 16.2. The van der Waals surface area contributed by atoms with Crippen LogP contribution in [-0.4, -0.2) is 16.7 Å². The van der Waals surface area contributed by atoms with Crippen molar-refractivity contribution in [1.29, 1.82) is 0 Å². The van der Waals surface area contributed by atoms with Gasteiger partial charge in [0.05, 0.1) is 17.9 Å². The van der Waals surface area contributed by atoms with Gasteiger partial charge in [-0.05, 0) is 43.4 Å². The van der Waals surface area contributed by atoms with Crippen LogP contribution in [0.4, 0.5) is 5.69 Å². The van der Waals surface area contributed by atoms with Gasteiger partial charge in [-0.25, -0.2) is 0 Å². The van der Waals surface area contributed by atoms with Crippen molar-refractivity contribution in [3.63, 3.8) is 0 Å². The van der Waals surface area contributed by atoms with Gasteiger partial charge in [0.25, 0.3) is 0 Å². The molecule has 1 aromatic rings. The zero-order valence-electron chi connectivity index (χ0n) is 11.9. The molecule has 3 atom stereocenters. The fourth-order valence-electron chi connectivity index (χ4n) is 3.61. The monoisotopic (exact) mass is 272 g/mol. The summed E-state index contributed by atoms with van der Waals surface area (Å²) in [6, 6.07) is 7.17. The molecule has 1 aliphatic heterocycles. The summed E-state index contributed by atoms with van der Waals surface area (Å²) in [5.74, 6) is 0.316. The number of amides is 2. The fourth-order valence-corrected chi connectivity index (χ4v) is 3.61. The van der Waals surface area contributed by atoms with E-state index in [1.54, 1.807) is 12.1 Å². The highest BCUT2D eigenvalue weighted by Crippen LogP contribution is 2.45. The molecule has 2 N–H and O–H groups in total. The molecule has 1 saturated carbocycles. The van der Waals surface area contributed by atoms with Gasteiger partial charge in [0, 0.05) is 5.69 Å². The molecule has 0 radical (unpaired) electrons. The van der Waals surface area contributed by atoms with Gasteiger partial charge in [0.15, 0.2) is 0 Å². The maximum absolute atomic E-state index is 12.5. The quantitative estimate of drug-likeness (QED) is 0.664. The fraction of sp³-hybridized carbons (Fsp3) is 0.500. The van der Waals surface area contributed by atoms with E-state index in [0.717, 1.165) is 18.4 Å². The van der Waals surface area contributed by atoms with Crippen molar-refractivity contribution >= 4 is 17.5 Å². The molecule has 2 fully saturated rings. The Hall–Kier alpha value is -1.84. The van der Waals surface area contributed by atoms with Crippen molar-refractivity contribution in [3.05, 3.63) is 29.8 Å². The predicted octanol–water partition coefficient (Wildman–Crippen LogP) is 2.36. The molecule has 106 valence electrons. The van der Waals surface area contributed by atoms with Gasteiger partial charge >= 0.3 is 0 Å². The Kier molecular flexibility index (Phi) is 3.04.